The van der Waals surface area contributed by atoms with Gasteiger partial charge in [0.05, 0.1) is 11.9 Å². The molecule has 0 unspecified atom stereocenters. The van der Waals surface area contributed by atoms with Crippen LogP contribution in [0.5, 0.6) is 0 Å². The lowest BCUT2D eigenvalue weighted by atomic mass is 10.2. The SMILES string of the molecule is COCCNC(=O)N(C)[C@@H]1CCC[C@H]1S(C)(=O)=O. The van der Waals surface area contributed by atoms with Gasteiger partial charge in [0.2, 0.25) is 0 Å². The third-order valence-electron chi connectivity index (χ3n) is 3.37. The van der Waals surface area contributed by atoms with Gasteiger partial charge in [-0.2, -0.15) is 0 Å². The first-order chi connectivity index (χ1) is 8.38. The Morgan fingerprint density at radius 1 is 1.44 bits per heavy atom. The minimum absolute atomic E-state index is 0.220. The Balaban J connectivity index is 2.60. The summed E-state index contributed by atoms with van der Waals surface area (Å²) >= 11 is 0. The Kier molecular flexibility index (Phi) is 5.40. The summed E-state index contributed by atoms with van der Waals surface area (Å²) in [6, 6.07) is -0.463. The van der Waals surface area contributed by atoms with E-state index >= 15 is 0 Å². The molecule has 0 spiro atoms. The number of rotatable bonds is 5. The van der Waals surface area contributed by atoms with E-state index in [2.05, 4.69) is 5.32 Å². The van der Waals surface area contributed by atoms with E-state index in [0.717, 1.165) is 12.8 Å². The van der Waals surface area contributed by atoms with Crippen LogP contribution in [-0.2, 0) is 14.6 Å². The van der Waals surface area contributed by atoms with E-state index in [-0.39, 0.29) is 12.1 Å². The lowest BCUT2D eigenvalue weighted by Crippen LogP contribution is -2.49. The van der Waals surface area contributed by atoms with Crippen LogP contribution in [0.4, 0.5) is 4.79 Å². The van der Waals surface area contributed by atoms with E-state index in [1.165, 1.54) is 11.2 Å². The highest BCUT2D eigenvalue weighted by atomic mass is 32.2. The fourth-order valence-electron chi connectivity index (χ4n) is 2.38. The Labute approximate surface area is 109 Å². The third kappa shape index (κ3) is 3.84. The fraction of sp³-hybridized carbons (Fsp3) is 0.909. The minimum atomic E-state index is -3.10. The van der Waals surface area contributed by atoms with E-state index in [9.17, 15) is 13.2 Å². The summed E-state index contributed by atoms with van der Waals surface area (Å²) in [5.74, 6) is 0. The molecule has 0 bridgehead atoms. The molecule has 0 radical (unpaired) electrons. The first kappa shape index (κ1) is 15.2. The molecule has 0 aromatic heterocycles. The van der Waals surface area contributed by atoms with Crippen molar-refractivity contribution in [1.29, 1.82) is 0 Å². The van der Waals surface area contributed by atoms with Gasteiger partial charge in [-0.05, 0) is 19.3 Å². The second-order valence-electron chi connectivity index (χ2n) is 4.70. The summed E-state index contributed by atoms with van der Waals surface area (Å²) in [4.78, 5) is 13.4. The summed E-state index contributed by atoms with van der Waals surface area (Å²) in [7, 11) is 0.109. The molecule has 2 amide bonds. The van der Waals surface area contributed by atoms with Crippen molar-refractivity contribution in [1.82, 2.24) is 10.2 Å². The summed E-state index contributed by atoms with van der Waals surface area (Å²) in [5.41, 5.74) is 0. The average molecular weight is 278 g/mol. The van der Waals surface area contributed by atoms with Gasteiger partial charge in [-0.25, -0.2) is 13.2 Å². The van der Waals surface area contributed by atoms with Crippen LogP contribution in [-0.4, -0.2) is 64.2 Å². The normalized spacial score (nSPS) is 23.9. The minimum Gasteiger partial charge on any atom is -0.383 e. The Hall–Kier alpha value is -0.820. The molecular formula is C11H22N2O4S. The van der Waals surface area contributed by atoms with Crippen LogP contribution < -0.4 is 5.32 Å². The second kappa shape index (κ2) is 6.38. The van der Waals surface area contributed by atoms with Crippen LogP contribution in [0.15, 0.2) is 0 Å². The molecule has 1 rings (SSSR count). The third-order valence-corrected chi connectivity index (χ3v) is 5.02. The molecule has 1 aliphatic rings. The summed E-state index contributed by atoms with van der Waals surface area (Å²) < 4.78 is 28.1. The predicted molar refractivity (Wildman–Crippen MR) is 69.3 cm³/mol. The molecule has 18 heavy (non-hydrogen) atoms. The number of nitrogens with one attached hydrogen (secondary N) is 1. The first-order valence-corrected chi connectivity index (χ1v) is 8.02. The zero-order valence-electron chi connectivity index (χ0n) is 11.2. The second-order valence-corrected chi connectivity index (χ2v) is 6.97. The number of carbonyl (C=O) groups excluding carboxylic acids is 1. The molecule has 1 aliphatic carbocycles. The molecule has 0 aliphatic heterocycles. The molecule has 0 saturated heterocycles. The number of urea groups is 1. The number of nitrogens with zero attached hydrogens (tertiary/aromatic N) is 1. The smallest absolute Gasteiger partial charge is 0.317 e. The van der Waals surface area contributed by atoms with E-state index in [1.54, 1.807) is 14.2 Å². The lowest BCUT2D eigenvalue weighted by Gasteiger charge is -2.28. The van der Waals surface area contributed by atoms with Crippen LogP contribution in [0.2, 0.25) is 0 Å². The van der Waals surface area contributed by atoms with Crippen molar-refractivity contribution in [2.24, 2.45) is 0 Å². The number of hydrogen-bond donors (Lipinski definition) is 1. The molecule has 0 heterocycles. The van der Waals surface area contributed by atoms with Crippen LogP contribution >= 0.6 is 0 Å². The van der Waals surface area contributed by atoms with Crippen molar-refractivity contribution in [2.75, 3.05) is 33.6 Å². The van der Waals surface area contributed by atoms with E-state index in [1.807, 2.05) is 0 Å². The van der Waals surface area contributed by atoms with Crippen molar-refractivity contribution in [2.45, 2.75) is 30.6 Å². The highest BCUT2D eigenvalue weighted by molar-refractivity contribution is 7.91. The van der Waals surface area contributed by atoms with Crippen molar-refractivity contribution in [3.63, 3.8) is 0 Å². The molecule has 7 heteroatoms. The Bertz CT molecular complexity index is 383. The zero-order chi connectivity index (χ0) is 13.8. The Morgan fingerprint density at radius 2 is 2.11 bits per heavy atom. The molecule has 6 nitrogen and oxygen atoms in total. The predicted octanol–water partition coefficient (Wildman–Crippen LogP) is 0.240. The summed E-state index contributed by atoms with van der Waals surface area (Å²) in [6.45, 7) is 0.871. The van der Waals surface area contributed by atoms with Gasteiger partial charge in [0.25, 0.3) is 0 Å². The van der Waals surface area contributed by atoms with Crippen molar-refractivity contribution in [3.05, 3.63) is 0 Å². The molecule has 0 aromatic carbocycles. The van der Waals surface area contributed by atoms with Gasteiger partial charge in [-0.3, -0.25) is 0 Å². The number of amides is 2. The van der Waals surface area contributed by atoms with E-state index in [0.29, 0.717) is 19.6 Å². The first-order valence-electron chi connectivity index (χ1n) is 6.06. The number of hydrogen-bond acceptors (Lipinski definition) is 4. The summed E-state index contributed by atoms with van der Waals surface area (Å²) in [5, 5.41) is 2.26. The molecule has 1 N–H and O–H groups in total. The maximum absolute atomic E-state index is 11.8. The van der Waals surface area contributed by atoms with Gasteiger partial charge in [-0.1, -0.05) is 0 Å². The van der Waals surface area contributed by atoms with Gasteiger partial charge in [0, 0.05) is 33.0 Å². The zero-order valence-corrected chi connectivity index (χ0v) is 12.0. The molecular weight excluding hydrogens is 256 g/mol. The van der Waals surface area contributed by atoms with E-state index < -0.39 is 15.1 Å². The Morgan fingerprint density at radius 3 is 2.67 bits per heavy atom. The van der Waals surface area contributed by atoms with Gasteiger partial charge < -0.3 is 15.0 Å². The molecule has 2 atom stereocenters. The number of carbonyl (C=O) groups is 1. The van der Waals surface area contributed by atoms with Crippen molar-refractivity contribution < 1.29 is 17.9 Å². The van der Waals surface area contributed by atoms with E-state index in [4.69, 9.17) is 4.74 Å². The number of sulfone groups is 1. The van der Waals surface area contributed by atoms with Crippen molar-refractivity contribution >= 4 is 15.9 Å². The average Bonchev–Trinajstić information content (AvgIpc) is 2.76. The van der Waals surface area contributed by atoms with Crippen LogP contribution in [0.25, 0.3) is 0 Å². The van der Waals surface area contributed by atoms with Crippen molar-refractivity contribution in [3.8, 4) is 0 Å². The highest BCUT2D eigenvalue weighted by Gasteiger charge is 2.38. The van der Waals surface area contributed by atoms with Gasteiger partial charge in [0.15, 0.2) is 9.84 Å². The quantitative estimate of drug-likeness (QED) is 0.731. The lowest BCUT2D eigenvalue weighted by molar-refractivity contribution is 0.175. The van der Waals surface area contributed by atoms with Gasteiger partial charge in [-0.15, -0.1) is 0 Å². The van der Waals surface area contributed by atoms with Crippen LogP contribution in [0.3, 0.4) is 0 Å². The van der Waals surface area contributed by atoms with Gasteiger partial charge in [0.1, 0.15) is 0 Å². The molecule has 1 saturated carbocycles. The number of methoxy groups -OCH3 is 1. The summed E-state index contributed by atoms with van der Waals surface area (Å²) in [6.07, 6.45) is 3.47. The van der Waals surface area contributed by atoms with Crippen LogP contribution in [0, 0.1) is 0 Å². The molecule has 106 valence electrons. The topological polar surface area (TPSA) is 75.7 Å². The standard InChI is InChI=1S/C11H22N2O4S/c1-13(11(14)12-7-8-17-2)9-5-4-6-10(9)18(3,15)16/h9-10H,4-8H2,1-3H3,(H,12,14)/t9-,10-/m1/s1. The highest BCUT2D eigenvalue weighted by Crippen LogP contribution is 2.28. The fourth-order valence-corrected chi connectivity index (χ4v) is 3.87. The largest absolute Gasteiger partial charge is 0.383 e. The molecule has 0 aromatic rings. The number of ether oxygens (including phenoxy) is 1. The maximum atomic E-state index is 11.8. The maximum Gasteiger partial charge on any atom is 0.317 e. The van der Waals surface area contributed by atoms with Crippen LogP contribution in [0.1, 0.15) is 19.3 Å². The molecule has 1 fully saturated rings. The van der Waals surface area contributed by atoms with Gasteiger partial charge >= 0.3 is 6.03 Å². The monoisotopic (exact) mass is 278 g/mol.